The maximum absolute atomic E-state index is 10.6. The first-order valence-corrected chi connectivity index (χ1v) is 19.9. The van der Waals surface area contributed by atoms with E-state index in [0.29, 0.717) is 0 Å². The van der Waals surface area contributed by atoms with Gasteiger partial charge in [-0.2, -0.15) is 0 Å². The zero-order chi connectivity index (χ0) is 33.4. The van der Waals surface area contributed by atoms with Crippen LogP contribution in [0.5, 0.6) is 0 Å². The third-order valence-electron chi connectivity index (χ3n) is 9.01. The van der Waals surface area contributed by atoms with Crippen LogP contribution in [-0.2, 0) is 9.59 Å². The van der Waals surface area contributed by atoms with E-state index in [1.165, 1.54) is 205 Å². The average Bonchev–Trinajstić information content (AvgIpc) is 3.03. The molecule has 4 N–H and O–H groups in total. The molecule has 4 nitrogen and oxygen atoms in total. The highest BCUT2D eigenvalue weighted by molar-refractivity contribution is 5.86. The second-order valence-corrected chi connectivity index (χ2v) is 13.6. The predicted molar refractivity (Wildman–Crippen MR) is 203 cm³/mol. The molecule has 4 heteroatoms. The molecule has 0 saturated carbocycles. The SMILES string of the molecule is NC(=O)C=CC=CCCCCCCCCCCCCCCCCCCCCCCCCCCCCCCCCC=CC=CC(N)=O. The summed E-state index contributed by atoms with van der Waals surface area (Å²) in [6, 6.07) is 0. The van der Waals surface area contributed by atoms with Crippen molar-refractivity contribution in [3.05, 3.63) is 48.6 Å². The number of amides is 2. The first kappa shape index (κ1) is 43.9. The van der Waals surface area contributed by atoms with Gasteiger partial charge in [0, 0.05) is 12.2 Å². The van der Waals surface area contributed by atoms with Crippen LogP contribution in [-0.4, -0.2) is 11.8 Å². The van der Waals surface area contributed by atoms with Crippen LogP contribution in [0.25, 0.3) is 0 Å². The van der Waals surface area contributed by atoms with Gasteiger partial charge in [0.2, 0.25) is 11.8 Å². The number of allylic oxidation sites excluding steroid dienone is 6. The summed E-state index contributed by atoms with van der Waals surface area (Å²) in [5.74, 6) is -0.768. The third kappa shape index (κ3) is 41.9. The van der Waals surface area contributed by atoms with Gasteiger partial charge in [-0.3, -0.25) is 9.59 Å². The predicted octanol–water partition coefficient (Wildman–Crippen LogP) is 12.7. The molecule has 2 amide bonds. The molecule has 0 rings (SSSR count). The summed E-state index contributed by atoms with van der Waals surface area (Å²) < 4.78 is 0. The Bertz CT molecular complexity index is 704. The lowest BCUT2D eigenvalue weighted by Gasteiger charge is -2.04. The monoisotopic (exact) mass is 641 g/mol. The first-order chi connectivity index (χ1) is 22.6. The van der Waals surface area contributed by atoms with Crippen molar-refractivity contribution in [3.63, 3.8) is 0 Å². The van der Waals surface area contributed by atoms with Gasteiger partial charge in [0.15, 0.2) is 0 Å². The van der Waals surface area contributed by atoms with Crippen LogP contribution >= 0.6 is 0 Å². The number of nitrogens with two attached hydrogens (primary N) is 2. The lowest BCUT2D eigenvalue weighted by molar-refractivity contribution is -0.114. The summed E-state index contributed by atoms with van der Waals surface area (Å²) in [5.41, 5.74) is 10.1. The highest BCUT2D eigenvalue weighted by Gasteiger charge is 1.97. The largest absolute Gasteiger partial charge is 0.366 e. The Morgan fingerprint density at radius 3 is 0.630 bits per heavy atom. The molecule has 0 aromatic rings. The fourth-order valence-corrected chi connectivity index (χ4v) is 6.12. The summed E-state index contributed by atoms with van der Waals surface area (Å²) in [4.78, 5) is 21.2. The Kier molecular flexibility index (Phi) is 37.3. The molecule has 0 bridgehead atoms. The maximum atomic E-state index is 10.6. The first-order valence-electron chi connectivity index (χ1n) is 19.9. The van der Waals surface area contributed by atoms with E-state index in [2.05, 4.69) is 12.2 Å². The number of carbonyl (C=O) groups is 2. The van der Waals surface area contributed by atoms with Crippen LogP contribution < -0.4 is 11.5 Å². The molecular formula is C42H76N2O2. The van der Waals surface area contributed by atoms with E-state index in [-0.39, 0.29) is 11.8 Å². The maximum Gasteiger partial charge on any atom is 0.241 e. The lowest BCUT2D eigenvalue weighted by atomic mass is 10.0. The molecule has 0 radical (unpaired) electrons. The molecule has 266 valence electrons. The fraction of sp³-hybridized carbons (Fsp3) is 0.762. The van der Waals surface area contributed by atoms with Gasteiger partial charge in [0.25, 0.3) is 0 Å². The second kappa shape index (κ2) is 39.1. The van der Waals surface area contributed by atoms with Crippen LogP contribution in [0.4, 0.5) is 0 Å². The molecule has 0 heterocycles. The molecule has 0 spiro atoms. The van der Waals surface area contributed by atoms with E-state index in [0.717, 1.165) is 12.8 Å². The van der Waals surface area contributed by atoms with E-state index >= 15 is 0 Å². The zero-order valence-corrected chi connectivity index (χ0v) is 30.2. The molecule has 0 unspecified atom stereocenters. The van der Waals surface area contributed by atoms with Crippen molar-refractivity contribution < 1.29 is 9.59 Å². The Hall–Kier alpha value is -2.10. The highest BCUT2D eigenvalue weighted by atomic mass is 16.1. The van der Waals surface area contributed by atoms with Crippen LogP contribution in [0.3, 0.4) is 0 Å². The van der Waals surface area contributed by atoms with Crippen LogP contribution in [0.15, 0.2) is 48.6 Å². The van der Waals surface area contributed by atoms with Crippen molar-refractivity contribution in [1.82, 2.24) is 0 Å². The second-order valence-electron chi connectivity index (χ2n) is 13.6. The normalized spacial score (nSPS) is 12.1. The molecule has 0 fully saturated rings. The number of rotatable bonds is 37. The third-order valence-corrected chi connectivity index (χ3v) is 9.01. The van der Waals surface area contributed by atoms with Gasteiger partial charge in [-0.15, -0.1) is 0 Å². The molecule has 0 aromatic carbocycles. The number of hydrogen-bond acceptors (Lipinski definition) is 2. The van der Waals surface area contributed by atoms with Gasteiger partial charge in [0.05, 0.1) is 0 Å². The number of unbranched alkanes of at least 4 members (excludes halogenated alkanes) is 31. The van der Waals surface area contributed by atoms with Crippen LogP contribution in [0.2, 0.25) is 0 Å². The van der Waals surface area contributed by atoms with Gasteiger partial charge in [-0.25, -0.2) is 0 Å². The summed E-state index contributed by atoms with van der Waals surface area (Å²) in [6.45, 7) is 0. The van der Waals surface area contributed by atoms with Gasteiger partial charge < -0.3 is 11.5 Å². The van der Waals surface area contributed by atoms with Gasteiger partial charge >= 0.3 is 0 Å². The summed E-state index contributed by atoms with van der Waals surface area (Å²) in [7, 11) is 0. The number of primary amides is 2. The van der Waals surface area contributed by atoms with E-state index in [9.17, 15) is 9.59 Å². The quantitative estimate of drug-likeness (QED) is 0.0402. The Labute approximate surface area is 286 Å². The van der Waals surface area contributed by atoms with Crippen molar-refractivity contribution >= 4 is 11.8 Å². The molecule has 46 heavy (non-hydrogen) atoms. The van der Waals surface area contributed by atoms with Crippen LogP contribution in [0.1, 0.15) is 205 Å². The van der Waals surface area contributed by atoms with E-state index in [1.807, 2.05) is 12.2 Å². The standard InChI is InChI=1S/C42H76N2O2/c43-41(45)39-37-35-33-31-29-27-25-23-21-19-17-15-13-11-9-7-5-3-1-2-4-6-8-10-12-14-16-18-20-22-24-26-28-30-32-34-36-38-40-42(44)46/h33-40H,1-32H2,(H2,43,45)(H2,44,46). The molecule has 0 aromatic heterocycles. The smallest absolute Gasteiger partial charge is 0.241 e. The van der Waals surface area contributed by atoms with Crippen molar-refractivity contribution in [2.24, 2.45) is 11.5 Å². The van der Waals surface area contributed by atoms with Crippen molar-refractivity contribution in [1.29, 1.82) is 0 Å². The molecule has 0 aliphatic heterocycles. The minimum absolute atomic E-state index is 0.384. The molecule has 0 aliphatic carbocycles. The van der Waals surface area contributed by atoms with Crippen molar-refractivity contribution in [3.8, 4) is 0 Å². The zero-order valence-electron chi connectivity index (χ0n) is 30.2. The summed E-state index contributed by atoms with van der Waals surface area (Å²) >= 11 is 0. The van der Waals surface area contributed by atoms with Crippen molar-refractivity contribution in [2.45, 2.75) is 205 Å². The minimum atomic E-state index is -0.384. The van der Waals surface area contributed by atoms with Gasteiger partial charge in [-0.05, 0) is 25.7 Å². The Morgan fingerprint density at radius 1 is 0.283 bits per heavy atom. The van der Waals surface area contributed by atoms with E-state index < -0.39 is 0 Å². The topological polar surface area (TPSA) is 86.2 Å². The molecule has 0 atom stereocenters. The molecule has 0 aliphatic rings. The van der Waals surface area contributed by atoms with E-state index in [4.69, 9.17) is 11.5 Å². The average molecular weight is 641 g/mol. The van der Waals surface area contributed by atoms with Gasteiger partial charge in [-0.1, -0.05) is 216 Å². The van der Waals surface area contributed by atoms with E-state index in [1.54, 1.807) is 12.2 Å². The highest BCUT2D eigenvalue weighted by Crippen LogP contribution is 2.17. The number of carbonyl (C=O) groups excluding carboxylic acids is 2. The molecular weight excluding hydrogens is 564 g/mol. The molecule has 0 saturated heterocycles. The lowest BCUT2D eigenvalue weighted by Crippen LogP contribution is -2.04. The Balaban J connectivity index is 3.12. The van der Waals surface area contributed by atoms with Gasteiger partial charge in [0.1, 0.15) is 0 Å². The van der Waals surface area contributed by atoms with Crippen molar-refractivity contribution in [2.75, 3.05) is 0 Å². The fourth-order valence-electron chi connectivity index (χ4n) is 6.12. The Morgan fingerprint density at radius 2 is 0.457 bits per heavy atom. The summed E-state index contributed by atoms with van der Waals surface area (Å²) in [5, 5.41) is 0. The number of hydrogen-bond donors (Lipinski definition) is 2. The summed E-state index contributed by atoms with van der Waals surface area (Å²) in [6.07, 6.45) is 58.8. The van der Waals surface area contributed by atoms with Crippen LogP contribution in [0, 0.1) is 0 Å². The minimum Gasteiger partial charge on any atom is -0.366 e.